The topological polar surface area (TPSA) is 17.1 Å². The molecule has 2 aliphatic carbocycles. The molecule has 0 amide bonds. The third-order valence-corrected chi connectivity index (χ3v) is 4.14. The number of rotatable bonds is 2. The molecule has 84 valence electrons. The van der Waals surface area contributed by atoms with Crippen LogP contribution in [0, 0.1) is 23.6 Å². The smallest absolute Gasteiger partial charge is 0.167 e. The van der Waals surface area contributed by atoms with Crippen molar-refractivity contribution in [1.82, 2.24) is 0 Å². The lowest BCUT2D eigenvalue weighted by Crippen LogP contribution is -2.13. The Balaban J connectivity index is 1.85. The molecular formula is C13H12ClFO. The summed E-state index contributed by atoms with van der Waals surface area (Å²) in [4.78, 5) is 12.1. The van der Waals surface area contributed by atoms with Crippen LogP contribution in [0.4, 0.5) is 4.39 Å². The van der Waals surface area contributed by atoms with Crippen molar-refractivity contribution in [3.05, 3.63) is 34.6 Å². The quantitative estimate of drug-likeness (QED) is 0.718. The highest BCUT2D eigenvalue weighted by Crippen LogP contribution is 2.55. The number of ketones is 1. The van der Waals surface area contributed by atoms with Crippen LogP contribution in [0.25, 0.3) is 0 Å². The predicted molar refractivity (Wildman–Crippen MR) is 60.1 cm³/mol. The summed E-state index contributed by atoms with van der Waals surface area (Å²) in [5.41, 5.74) is 0.355. The summed E-state index contributed by atoms with van der Waals surface area (Å²) < 4.78 is 13.1. The molecule has 1 nitrogen and oxygen atoms in total. The summed E-state index contributed by atoms with van der Waals surface area (Å²) in [5, 5.41) is 0.368. The van der Waals surface area contributed by atoms with Crippen molar-refractivity contribution >= 4 is 17.4 Å². The van der Waals surface area contributed by atoms with Crippen molar-refractivity contribution in [2.24, 2.45) is 17.8 Å². The minimum absolute atomic E-state index is 0.0247. The lowest BCUT2D eigenvalue weighted by molar-refractivity contribution is 0.0914. The van der Waals surface area contributed by atoms with Gasteiger partial charge in [-0.3, -0.25) is 4.79 Å². The number of fused-ring (bicyclic) bond motifs is 1. The van der Waals surface area contributed by atoms with Gasteiger partial charge in [0.1, 0.15) is 5.82 Å². The molecule has 0 saturated heterocycles. The van der Waals surface area contributed by atoms with Gasteiger partial charge in [0.2, 0.25) is 0 Å². The zero-order valence-electron chi connectivity index (χ0n) is 8.75. The van der Waals surface area contributed by atoms with Crippen molar-refractivity contribution < 1.29 is 9.18 Å². The number of hydrogen-bond donors (Lipinski definition) is 0. The van der Waals surface area contributed by atoms with Crippen LogP contribution in [0.15, 0.2) is 18.2 Å². The summed E-state index contributed by atoms with van der Waals surface area (Å²) in [6, 6.07) is 4.00. The van der Waals surface area contributed by atoms with Gasteiger partial charge in [0.05, 0.1) is 5.02 Å². The van der Waals surface area contributed by atoms with E-state index in [-0.39, 0.29) is 11.7 Å². The molecule has 2 aliphatic rings. The van der Waals surface area contributed by atoms with Crippen LogP contribution in [-0.2, 0) is 0 Å². The van der Waals surface area contributed by atoms with Gasteiger partial charge < -0.3 is 0 Å². The molecule has 0 heterocycles. The molecule has 16 heavy (non-hydrogen) atoms. The van der Waals surface area contributed by atoms with E-state index in [1.807, 2.05) is 0 Å². The summed E-state index contributed by atoms with van der Waals surface area (Å²) in [7, 11) is 0. The first-order valence-electron chi connectivity index (χ1n) is 5.64. The SMILES string of the molecule is O=C(c1cc(F)ccc1Cl)C1CC2CC2C1. The molecular weight excluding hydrogens is 227 g/mol. The van der Waals surface area contributed by atoms with Crippen molar-refractivity contribution in [3.8, 4) is 0 Å². The Morgan fingerprint density at radius 2 is 1.94 bits per heavy atom. The Morgan fingerprint density at radius 3 is 2.62 bits per heavy atom. The largest absolute Gasteiger partial charge is 0.294 e. The Hall–Kier alpha value is -0.890. The fraction of sp³-hybridized carbons (Fsp3) is 0.462. The van der Waals surface area contributed by atoms with Crippen LogP contribution in [0.2, 0.25) is 5.02 Å². The highest BCUT2D eigenvalue weighted by molar-refractivity contribution is 6.34. The average Bonchev–Trinajstić information content (AvgIpc) is 2.88. The van der Waals surface area contributed by atoms with Crippen molar-refractivity contribution in [2.75, 3.05) is 0 Å². The predicted octanol–water partition coefficient (Wildman–Crippen LogP) is 3.71. The molecule has 0 N–H and O–H groups in total. The zero-order valence-corrected chi connectivity index (χ0v) is 9.51. The monoisotopic (exact) mass is 238 g/mol. The van der Waals surface area contributed by atoms with Gasteiger partial charge in [0, 0.05) is 11.5 Å². The molecule has 0 radical (unpaired) electrons. The normalized spacial score (nSPS) is 31.2. The van der Waals surface area contributed by atoms with Crippen LogP contribution in [0.1, 0.15) is 29.6 Å². The minimum Gasteiger partial charge on any atom is -0.294 e. The fourth-order valence-electron chi connectivity index (χ4n) is 2.84. The maximum absolute atomic E-state index is 13.1. The Bertz CT molecular complexity index is 447. The lowest BCUT2D eigenvalue weighted by Gasteiger charge is -2.11. The summed E-state index contributed by atoms with van der Waals surface area (Å²) in [6.45, 7) is 0. The summed E-state index contributed by atoms with van der Waals surface area (Å²) >= 11 is 5.93. The van der Waals surface area contributed by atoms with Gasteiger partial charge in [-0.15, -0.1) is 0 Å². The molecule has 0 aromatic heterocycles. The van der Waals surface area contributed by atoms with Crippen LogP contribution in [0.5, 0.6) is 0 Å². The second kappa shape index (κ2) is 3.56. The van der Waals surface area contributed by atoms with E-state index in [1.54, 1.807) is 0 Å². The second-order valence-electron chi connectivity index (χ2n) is 4.91. The molecule has 2 unspecified atom stereocenters. The molecule has 2 saturated carbocycles. The number of hydrogen-bond acceptors (Lipinski definition) is 1. The van der Waals surface area contributed by atoms with E-state index in [2.05, 4.69) is 0 Å². The molecule has 1 aromatic carbocycles. The first-order chi connectivity index (χ1) is 7.65. The molecule has 0 spiro atoms. The van der Waals surface area contributed by atoms with Crippen molar-refractivity contribution in [3.63, 3.8) is 0 Å². The van der Waals surface area contributed by atoms with Crippen LogP contribution >= 0.6 is 11.6 Å². The molecule has 0 aliphatic heterocycles. The first kappa shape index (κ1) is 10.3. The van der Waals surface area contributed by atoms with Crippen LogP contribution < -0.4 is 0 Å². The molecule has 1 aromatic rings. The maximum Gasteiger partial charge on any atom is 0.167 e. The van der Waals surface area contributed by atoms with E-state index in [9.17, 15) is 9.18 Å². The molecule has 2 atom stereocenters. The maximum atomic E-state index is 13.1. The van der Waals surface area contributed by atoms with Crippen LogP contribution in [0.3, 0.4) is 0 Å². The Labute approximate surface area is 98.6 Å². The van der Waals surface area contributed by atoms with Gasteiger partial charge >= 0.3 is 0 Å². The first-order valence-corrected chi connectivity index (χ1v) is 6.02. The van der Waals surface area contributed by atoms with Crippen molar-refractivity contribution in [1.29, 1.82) is 0 Å². The molecule has 0 bridgehead atoms. The summed E-state index contributed by atoms with van der Waals surface area (Å²) in [5.74, 6) is 1.21. The number of halogens is 2. The molecule has 2 fully saturated rings. The van der Waals surface area contributed by atoms with Gasteiger partial charge in [-0.25, -0.2) is 4.39 Å². The number of carbonyl (C=O) groups excluding carboxylic acids is 1. The number of benzene rings is 1. The van der Waals surface area contributed by atoms with E-state index in [0.29, 0.717) is 10.6 Å². The fourth-order valence-corrected chi connectivity index (χ4v) is 3.05. The van der Waals surface area contributed by atoms with E-state index >= 15 is 0 Å². The second-order valence-corrected chi connectivity index (χ2v) is 5.32. The third kappa shape index (κ3) is 1.65. The van der Waals surface area contributed by atoms with E-state index in [4.69, 9.17) is 11.6 Å². The van der Waals surface area contributed by atoms with E-state index in [0.717, 1.165) is 24.7 Å². The molecule has 3 heteroatoms. The van der Waals surface area contributed by atoms with Gasteiger partial charge in [-0.2, -0.15) is 0 Å². The highest BCUT2D eigenvalue weighted by Gasteiger charge is 2.48. The van der Waals surface area contributed by atoms with E-state index in [1.165, 1.54) is 24.6 Å². The minimum atomic E-state index is -0.393. The van der Waals surface area contributed by atoms with Gasteiger partial charge in [0.15, 0.2) is 5.78 Å². The third-order valence-electron chi connectivity index (χ3n) is 3.81. The van der Waals surface area contributed by atoms with Crippen LogP contribution in [-0.4, -0.2) is 5.78 Å². The highest BCUT2D eigenvalue weighted by atomic mass is 35.5. The standard InChI is InChI=1S/C13H12ClFO/c14-12-2-1-10(15)6-11(12)13(16)9-4-7-3-8(7)5-9/h1-2,6-9H,3-5H2. The Morgan fingerprint density at radius 1 is 1.25 bits per heavy atom. The average molecular weight is 239 g/mol. The lowest BCUT2D eigenvalue weighted by atomic mass is 9.93. The van der Waals surface area contributed by atoms with Gasteiger partial charge in [-0.1, -0.05) is 11.6 Å². The van der Waals surface area contributed by atoms with E-state index < -0.39 is 5.82 Å². The zero-order chi connectivity index (χ0) is 11.3. The number of carbonyl (C=O) groups is 1. The summed E-state index contributed by atoms with van der Waals surface area (Å²) in [6.07, 6.45) is 3.22. The van der Waals surface area contributed by atoms with Crippen molar-refractivity contribution in [2.45, 2.75) is 19.3 Å². The Kier molecular flexibility index (Phi) is 2.28. The van der Waals surface area contributed by atoms with Gasteiger partial charge in [-0.05, 0) is 49.3 Å². The molecule has 3 rings (SSSR count). The van der Waals surface area contributed by atoms with Gasteiger partial charge in [0.25, 0.3) is 0 Å². The number of Topliss-reactive ketones (excluding diaryl/α,β-unsaturated/α-hetero) is 1.